The molecule has 2 saturated heterocycles. The van der Waals surface area contributed by atoms with Crippen LogP contribution < -0.4 is 4.74 Å². The molecule has 0 aromatic heterocycles. The van der Waals surface area contributed by atoms with Crippen LogP contribution in [0, 0.1) is 0 Å². The second kappa shape index (κ2) is 7.98. The molecule has 6 heteroatoms. The summed E-state index contributed by atoms with van der Waals surface area (Å²) < 4.78 is 17.1. The summed E-state index contributed by atoms with van der Waals surface area (Å²) in [6.45, 7) is 2.19. The number of carboxylic acid groups (broad SMARTS) is 1. The van der Waals surface area contributed by atoms with E-state index in [2.05, 4.69) is 6.07 Å². The smallest absolute Gasteiger partial charge is 0.407 e. The minimum Gasteiger partial charge on any atom is -0.491 e. The van der Waals surface area contributed by atoms with Gasteiger partial charge < -0.3 is 24.2 Å². The number of nitrogens with zero attached hydrogens (tertiary/aromatic N) is 1. The summed E-state index contributed by atoms with van der Waals surface area (Å²) in [5, 5.41) is 9.24. The molecule has 0 radical (unpaired) electrons. The fraction of sp³-hybridized carbons (Fsp3) is 0.381. The highest BCUT2D eigenvalue weighted by molar-refractivity contribution is 5.66. The number of hydrogen-bond acceptors (Lipinski definition) is 4. The average Bonchev–Trinajstić information content (AvgIpc) is 3.38. The third-order valence-electron chi connectivity index (χ3n) is 5.01. The maximum Gasteiger partial charge on any atom is 0.407 e. The van der Waals surface area contributed by atoms with Gasteiger partial charge in [0.2, 0.25) is 0 Å². The van der Waals surface area contributed by atoms with Crippen molar-refractivity contribution >= 4 is 6.09 Å². The van der Waals surface area contributed by atoms with Gasteiger partial charge in [0, 0.05) is 12.1 Å². The summed E-state index contributed by atoms with van der Waals surface area (Å²) in [7, 11) is 0. The van der Waals surface area contributed by atoms with Crippen LogP contribution in [0.25, 0.3) is 11.1 Å². The molecule has 0 spiro atoms. The van der Waals surface area contributed by atoms with Gasteiger partial charge in [0.05, 0.1) is 19.3 Å². The van der Waals surface area contributed by atoms with Gasteiger partial charge in [0.15, 0.2) is 6.29 Å². The van der Waals surface area contributed by atoms with E-state index in [-0.39, 0.29) is 12.3 Å². The number of likely N-dealkylation sites (tertiary alicyclic amines) is 1. The van der Waals surface area contributed by atoms with E-state index in [1.807, 2.05) is 42.5 Å². The lowest BCUT2D eigenvalue weighted by Crippen LogP contribution is -2.37. The first-order valence-corrected chi connectivity index (χ1v) is 9.27. The van der Waals surface area contributed by atoms with Crippen LogP contribution in [-0.4, -0.2) is 48.5 Å². The lowest BCUT2D eigenvalue weighted by Gasteiger charge is -2.21. The van der Waals surface area contributed by atoms with E-state index in [0.29, 0.717) is 26.4 Å². The van der Waals surface area contributed by atoms with E-state index in [1.165, 1.54) is 4.90 Å². The number of amides is 1. The van der Waals surface area contributed by atoms with Crippen molar-refractivity contribution in [1.29, 1.82) is 0 Å². The monoisotopic (exact) mass is 369 g/mol. The summed E-state index contributed by atoms with van der Waals surface area (Å²) in [5.74, 6) is 0.739. The molecule has 2 aliphatic heterocycles. The molecule has 1 atom stereocenters. The first-order valence-electron chi connectivity index (χ1n) is 9.27. The molecule has 27 heavy (non-hydrogen) atoms. The number of hydrogen-bond donors (Lipinski definition) is 1. The molecule has 6 nitrogen and oxygen atoms in total. The zero-order valence-electron chi connectivity index (χ0n) is 15.0. The fourth-order valence-corrected chi connectivity index (χ4v) is 3.63. The predicted octanol–water partition coefficient (Wildman–Crippen LogP) is 3.92. The van der Waals surface area contributed by atoms with Gasteiger partial charge in [0.25, 0.3) is 0 Å². The quantitative estimate of drug-likeness (QED) is 0.865. The molecular formula is C21H23NO5. The van der Waals surface area contributed by atoms with Crippen molar-refractivity contribution in [1.82, 2.24) is 4.90 Å². The van der Waals surface area contributed by atoms with Crippen molar-refractivity contribution in [2.24, 2.45) is 0 Å². The number of ether oxygens (including phenoxy) is 3. The number of benzene rings is 2. The normalized spacial score (nSPS) is 20.1. The van der Waals surface area contributed by atoms with Crippen LogP contribution in [0.2, 0.25) is 0 Å². The minimum absolute atomic E-state index is 0.0776. The molecule has 0 aliphatic carbocycles. The SMILES string of the molecule is O=C(O)N1CCCC1COc1cccc(-c2cccc(C3OCCO3)c2)c1. The van der Waals surface area contributed by atoms with E-state index < -0.39 is 6.09 Å². The molecule has 2 fully saturated rings. The molecule has 0 saturated carbocycles. The van der Waals surface area contributed by atoms with Crippen molar-refractivity contribution < 1.29 is 24.1 Å². The molecule has 2 aliphatic rings. The zero-order chi connectivity index (χ0) is 18.6. The minimum atomic E-state index is -0.872. The Bertz CT molecular complexity index is 803. The van der Waals surface area contributed by atoms with Crippen LogP contribution in [0.3, 0.4) is 0 Å². The van der Waals surface area contributed by atoms with Crippen LogP contribution in [0.1, 0.15) is 24.7 Å². The van der Waals surface area contributed by atoms with Gasteiger partial charge in [-0.1, -0.05) is 30.3 Å². The lowest BCUT2D eigenvalue weighted by molar-refractivity contribution is -0.0440. The number of carbonyl (C=O) groups is 1. The van der Waals surface area contributed by atoms with Gasteiger partial charge >= 0.3 is 6.09 Å². The molecule has 4 rings (SSSR count). The standard InChI is InChI=1S/C21H23NO5/c23-21(24)22-9-3-7-18(22)14-27-19-8-2-5-16(13-19)15-4-1-6-17(12-15)20-25-10-11-26-20/h1-2,4-6,8,12-13,18,20H,3,7,9-11,14H2,(H,23,24). The number of rotatable bonds is 5. The van der Waals surface area contributed by atoms with Crippen LogP contribution in [0.4, 0.5) is 4.79 Å². The van der Waals surface area contributed by atoms with E-state index in [0.717, 1.165) is 35.3 Å². The Balaban J connectivity index is 1.46. The summed E-state index contributed by atoms with van der Waals surface area (Å²) in [5.41, 5.74) is 3.10. The second-order valence-corrected chi connectivity index (χ2v) is 6.81. The van der Waals surface area contributed by atoms with Gasteiger partial charge in [-0.05, 0) is 42.2 Å². The Labute approximate surface area is 158 Å². The molecule has 2 aromatic carbocycles. The van der Waals surface area contributed by atoms with Crippen molar-refractivity contribution in [3.05, 3.63) is 54.1 Å². The Hall–Kier alpha value is -2.57. The third kappa shape index (κ3) is 4.07. The first-order chi connectivity index (χ1) is 13.2. The van der Waals surface area contributed by atoms with E-state index in [4.69, 9.17) is 14.2 Å². The van der Waals surface area contributed by atoms with E-state index >= 15 is 0 Å². The van der Waals surface area contributed by atoms with Crippen LogP contribution in [0.15, 0.2) is 48.5 Å². The van der Waals surface area contributed by atoms with Gasteiger partial charge in [-0.2, -0.15) is 0 Å². The molecule has 1 unspecified atom stereocenters. The highest BCUT2D eigenvalue weighted by Gasteiger charge is 2.28. The highest BCUT2D eigenvalue weighted by atomic mass is 16.7. The summed E-state index contributed by atoms with van der Waals surface area (Å²) in [6.07, 6.45) is 0.560. The summed E-state index contributed by atoms with van der Waals surface area (Å²) in [6, 6.07) is 15.9. The van der Waals surface area contributed by atoms with Gasteiger partial charge in [0.1, 0.15) is 12.4 Å². The van der Waals surface area contributed by atoms with Crippen LogP contribution in [0.5, 0.6) is 5.75 Å². The zero-order valence-corrected chi connectivity index (χ0v) is 15.0. The summed E-state index contributed by atoms with van der Waals surface area (Å²) >= 11 is 0. The van der Waals surface area contributed by atoms with Crippen molar-refractivity contribution in [3.63, 3.8) is 0 Å². The maximum absolute atomic E-state index is 11.3. The Kier molecular flexibility index (Phi) is 5.27. The third-order valence-corrected chi connectivity index (χ3v) is 5.01. The molecule has 142 valence electrons. The van der Waals surface area contributed by atoms with Crippen molar-refractivity contribution in [3.8, 4) is 16.9 Å². The topological polar surface area (TPSA) is 68.2 Å². The fourth-order valence-electron chi connectivity index (χ4n) is 3.63. The van der Waals surface area contributed by atoms with Crippen molar-refractivity contribution in [2.75, 3.05) is 26.4 Å². The van der Waals surface area contributed by atoms with E-state index in [1.54, 1.807) is 0 Å². The second-order valence-electron chi connectivity index (χ2n) is 6.81. The summed E-state index contributed by atoms with van der Waals surface area (Å²) in [4.78, 5) is 12.7. The van der Waals surface area contributed by atoms with Gasteiger partial charge in [-0.15, -0.1) is 0 Å². The Morgan fingerprint density at radius 2 is 1.85 bits per heavy atom. The predicted molar refractivity (Wildman–Crippen MR) is 99.8 cm³/mol. The largest absolute Gasteiger partial charge is 0.491 e. The molecular weight excluding hydrogens is 346 g/mol. The van der Waals surface area contributed by atoms with Crippen LogP contribution >= 0.6 is 0 Å². The highest BCUT2D eigenvalue weighted by Crippen LogP contribution is 2.29. The van der Waals surface area contributed by atoms with Crippen LogP contribution in [-0.2, 0) is 9.47 Å². The van der Waals surface area contributed by atoms with Crippen molar-refractivity contribution in [2.45, 2.75) is 25.2 Å². The van der Waals surface area contributed by atoms with Gasteiger partial charge in [-0.25, -0.2) is 4.79 Å². The Morgan fingerprint density at radius 1 is 1.11 bits per heavy atom. The molecule has 2 heterocycles. The molecule has 2 aromatic rings. The Morgan fingerprint density at radius 3 is 2.63 bits per heavy atom. The van der Waals surface area contributed by atoms with E-state index in [9.17, 15) is 9.90 Å². The lowest BCUT2D eigenvalue weighted by atomic mass is 10.0. The maximum atomic E-state index is 11.3. The molecule has 0 bridgehead atoms. The van der Waals surface area contributed by atoms with Gasteiger partial charge in [-0.3, -0.25) is 0 Å². The molecule has 1 amide bonds. The molecule has 1 N–H and O–H groups in total. The average molecular weight is 369 g/mol. The first kappa shape index (κ1) is 17.8.